The predicted octanol–water partition coefficient (Wildman–Crippen LogP) is 6.54. The third kappa shape index (κ3) is 3.42. The number of anilines is 2. The van der Waals surface area contributed by atoms with Crippen molar-refractivity contribution in [1.82, 2.24) is 0 Å². The number of nitrogens with zero attached hydrogens (tertiary/aromatic N) is 2. The molecule has 0 atom stereocenters. The second-order valence-corrected chi connectivity index (χ2v) is 14.9. The summed E-state index contributed by atoms with van der Waals surface area (Å²) < 4.78 is 15.9. The van der Waals surface area contributed by atoms with Crippen molar-refractivity contribution >= 4 is 19.8 Å². The Kier molecular flexibility index (Phi) is 5.47. The van der Waals surface area contributed by atoms with Crippen LogP contribution >= 0.6 is 0 Å². The van der Waals surface area contributed by atoms with E-state index in [1.165, 1.54) is 11.4 Å². The van der Waals surface area contributed by atoms with Crippen LogP contribution in [-0.4, -0.2) is 22.6 Å². The molecule has 0 bridgehead atoms. The molecule has 0 radical (unpaired) electrons. The van der Waals surface area contributed by atoms with E-state index in [-0.39, 0.29) is 10.1 Å². The van der Waals surface area contributed by atoms with Gasteiger partial charge in [0.15, 0.2) is 0 Å². The Bertz CT molecular complexity index is 788. The highest BCUT2D eigenvalue weighted by Crippen LogP contribution is 2.58. The van der Waals surface area contributed by atoms with Crippen molar-refractivity contribution in [1.29, 1.82) is 0 Å². The lowest BCUT2D eigenvalue weighted by Crippen LogP contribution is -2.70. The van der Waals surface area contributed by atoms with Crippen molar-refractivity contribution in [2.45, 2.75) is 51.6 Å². The van der Waals surface area contributed by atoms with Gasteiger partial charge in [0.25, 0.3) is 8.40 Å². The molecule has 0 fully saturated rings. The molecule has 3 rings (SSSR count). The first-order valence-electron chi connectivity index (χ1n) is 10.1. The SMILES string of the molecule is COc1ccc(N2C=CN(c3ccc(OC)cc3)[Si]2(C(C)(C)C)C(C)(C)C)cc1. The summed E-state index contributed by atoms with van der Waals surface area (Å²) in [4.78, 5) is 0. The second kappa shape index (κ2) is 7.45. The largest absolute Gasteiger partial charge is 0.497 e. The van der Waals surface area contributed by atoms with Crippen molar-refractivity contribution in [2.75, 3.05) is 23.4 Å². The first kappa shape index (κ1) is 21.3. The standard InChI is InChI=1S/C24H34N2O2Si/c1-23(2,3)29(24(4,5)6)25(19-9-13-21(27-7)14-10-19)17-18-26(29)20-11-15-22(28-8)16-12-20/h9-18H,1-8H3. The Balaban J connectivity index is 2.19. The molecule has 0 amide bonds. The monoisotopic (exact) mass is 410 g/mol. The molecular formula is C24H34N2O2Si. The van der Waals surface area contributed by atoms with E-state index in [0.29, 0.717) is 0 Å². The topological polar surface area (TPSA) is 24.9 Å². The Morgan fingerprint density at radius 2 is 0.897 bits per heavy atom. The smallest absolute Gasteiger partial charge is 0.283 e. The number of ether oxygens (including phenoxy) is 2. The van der Waals surface area contributed by atoms with Crippen molar-refractivity contribution in [3.8, 4) is 11.5 Å². The van der Waals surface area contributed by atoms with Gasteiger partial charge in [-0.2, -0.15) is 0 Å². The fourth-order valence-corrected chi connectivity index (χ4v) is 12.1. The van der Waals surface area contributed by atoms with Crippen LogP contribution in [0, 0.1) is 0 Å². The van der Waals surface area contributed by atoms with Gasteiger partial charge in [-0.05, 0) is 58.6 Å². The molecule has 2 aromatic rings. The van der Waals surface area contributed by atoms with Gasteiger partial charge in [-0.3, -0.25) is 0 Å². The summed E-state index contributed by atoms with van der Waals surface area (Å²) in [5, 5.41) is 0.128. The first-order chi connectivity index (χ1) is 13.6. The number of hydrogen-bond donors (Lipinski definition) is 0. The molecule has 1 aliphatic rings. The summed E-state index contributed by atoms with van der Waals surface area (Å²) in [6.45, 7) is 14.3. The van der Waals surface area contributed by atoms with Crippen LogP contribution in [0.2, 0.25) is 10.1 Å². The van der Waals surface area contributed by atoms with E-state index in [2.05, 4.69) is 87.3 Å². The minimum atomic E-state index is -2.36. The minimum Gasteiger partial charge on any atom is -0.497 e. The Morgan fingerprint density at radius 1 is 0.586 bits per heavy atom. The molecule has 0 unspecified atom stereocenters. The van der Waals surface area contributed by atoms with Crippen LogP contribution in [0.1, 0.15) is 41.5 Å². The van der Waals surface area contributed by atoms with Crippen LogP contribution in [0.3, 0.4) is 0 Å². The van der Waals surface area contributed by atoms with Gasteiger partial charge in [0, 0.05) is 23.8 Å². The molecule has 0 saturated heterocycles. The summed E-state index contributed by atoms with van der Waals surface area (Å²) >= 11 is 0. The van der Waals surface area contributed by atoms with Crippen LogP contribution < -0.4 is 18.6 Å². The quantitative estimate of drug-likeness (QED) is 0.534. The zero-order valence-electron chi connectivity index (χ0n) is 19.0. The molecule has 5 heteroatoms. The van der Waals surface area contributed by atoms with Gasteiger partial charge in [0.1, 0.15) is 11.5 Å². The minimum absolute atomic E-state index is 0.0641. The molecular weight excluding hydrogens is 376 g/mol. The first-order valence-corrected chi connectivity index (χ1v) is 12.0. The Morgan fingerprint density at radius 3 is 1.14 bits per heavy atom. The van der Waals surface area contributed by atoms with Gasteiger partial charge in [-0.15, -0.1) is 0 Å². The Labute approximate surface area is 176 Å². The highest BCUT2D eigenvalue weighted by molar-refractivity contribution is 6.92. The van der Waals surface area contributed by atoms with Crippen LogP contribution in [0.25, 0.3) is 0 Å². The number of methoxy groups -OCH3 is 2. The Hall–Kier alpha value is -2.40. The van der Waals surface area contributed by atoms with E-state index in [4.69, 9.17) is 9.47 Å². The van der Waals surface area contributed by atoms with Gasteiger partial charge < -0.3 is 18.6 Å². The van der Waals surface area contributed by atoms with E-state index in [1.807, 2.05) is 24.3 Å². The lowest BCUT2D eigenvalue weighted by molar-refractivity contribution is 0.415. The summed E-state index contributed by atoms with van der Waals surface area (Å²) in [7, 11) is 1.06. The molecule has 1 aliphatic heterocycles. The maximum atomic E-state index is 5.38. The van der Waals surface area contributed by atoms with Crippen molar-refractivity contribution in [3.05, 3.63) is 60.9 Å². The fraction of sp³-hybridized carbons (Fsp3) is 0.417. The van der Waals surface area contributed by atoms with Crippen LogP contribution in [0.5, 0.6) is 11.5 Å². The molecule has 4 nitrogen and oxygen atoms in total. The molecule has 0 saturated carbocycles. The van der Waals surface area contributed by atoms with E-state index >= 15 is 0 Å². The fourth-order valence-electron chi connectivity index (χ4n) is 5.07. The maximum absolute atomic E-state index is 5.38. The molecule has 29 heavy (non-hydrogen) atoms. The van der Waals surface area contributed by atoms with Crippen LogP contribution in [0.4, 0.5) is 11.4 Å². The average Bonchev–Trinajstić information content (AvgIpc) is 3.10. The highest BCUT2D eigenvalue weighted by atomic mass is 28.4. The van der Waals surface area contributed by atoms with Crippen molar-refractivity contribution < 1.29 is 9.47 Å². The number of rotatable bonds is 4. The third-order valence-electron chi connectivity index (χ3n) is 5.85. The number of hydrogen-bond acceptors (Lipinski definition) is 4. The predicted molar refractivity (Wildman–Crippen MR) is 125 cm³/mol. The normalized spacial score (nSPS) is 16.3. The van der Waals surface area contributed by atoms with Crippen molar-refractivity contribution in [3.63, 3.8) is 0 Å². The van der Waals surface area contributed by atoms with Gasteiger partial charge >= 0.3 is 0 Å². The molecule has 156 valence electrons. The molecule has 0 aromatic heterocycles. The van der Waals surface area contributed by atoms with E-state index in [0.717, 1.165) is 11.5 Å². The van der Waals surface area contributed by atoms with E-state index in [1.54, 1.807) is 14.2 Å². The molecule has 0 aliphatic carbocycles. The second-order valence-electron chi connectivity index (χ2n) is 9.61. The van der Waals surface area contributed by atoms with E-state index in [9.17, 15) is 0 Å². The van der Waals surface area contributed by atoms with Gasteiger partial charge in [0.2, 0.25) is 0 Å². The summed E-state index contributed by atoms with van der Waals surface area (Å²) in [5.41, 5.74) is 2.41. The molecule has 0 N–H and O–H groups in total. The van der Waals surface area contributed by atoms with E-state index < -0.39 is 8.40 Å². The number of benzene rings is 2. The third-order valence-corrected chi connectivity index (χ3v) is 12.2. The lowest BCUT2D eigenvalue weighted by atomic mass is 10.2. The maximum Gasteiger partial charge on any atom is 0.283 e. The highest BCUT2D eigenvalue weighted by Gasteiger charge is 2.64. The van der Waals surface area contributed by atoms with Gasteiger partial charge in [-0.1, -0.05) is 41.5 Å². The molecule has 1 heterocycles. The summed E-state index contributed by atoms with van der Waals surface area (Å²) in [6, 6.07) is 16.8. The van der Waals surface area contributed by atoms with Gasteiger partial charge in [0.05, 0.1) is 14.2 Å². The van der Waals surface area contributed by atoms with Crippen LogP contribution in [-0.2, 0) is 0 Å². The zero-order chi connectivity index (χ0) is 21.4. The summed E-state index contributed by atoms with van der Waals surface area (Å²) in [6.07, 6.45) is 4.52. The average molecular weight is 411 g/mol. The van der Waals surface area contributed by atoms with Crippen molar-refractivity contribution in [2.24, 2.45) is 0 Å². The zero-order valence-corrected chi connectivity index (χ0v) is 20.0. The summed E-state index contributed by atoms with van der Waals surface area (Å²) in [5.74, 6) is 1.76. The lowest BCUT2D eigenvalue weighted by Gasteiger charge is -2.57. The van der Waals surface area contributed by atoms with Gasteiger partial charge in [-0.25, -0.2) is 0 Å². The molecule has 0 spiro atoms. The van der Waals surface area contributed by atoms with Crippen LogP contribution in [0.15, 0.2) is 60.9 Å². The molecule has 2 aromatic carbocycles.